The monoisotopic (exact) mass is 371 g/mol. The first-order valence-electron chi connectivity index (χ1n) is 7.48. The van der Waals surface area contributed by atoms with Gasteiger partial charge in [0.2, 0.25) is 0 Å². The number of benzene rings is 2. The van der Waals surface area contributed by atoms with E-state index in [9.17, 15) is 19.1 Å². The van der Waals surface area contributed by atoms with Crippen LogP contribution in [-0.2, 0) is 9.59 Å². The van der Waals surface area contributed by atoms with Crippen molar-refractivity contribution in [2.75, 3.05) is 6.61 Å². The van der Waals surface area contributed by atoms with Crippen molar-refractivity contribution in [1.29, 1.82) is 0 Å². The van der Waals surface area contributed by atoms with Crippen LogP contribution >= 0.6 is 11.8 Å². The average Bonchev–Trinajstić information content (AvgIpc) is 2.95. The maximum atomic E-state index is 12.9. The number of rotatable bonds is 5. The van der Waals surface area contributed by atoms with Crippen LogP contribution in [0.15, 0.2) is 58.4 Å². The average molecular weight is 371 g/mol. The maximum Gasteiger partial charge on any atom is 0.264 e. The molecule has 1 fully saturated rings. The van der Waals surface area contributed by atoms with Gasteiger partial charge in [0.25, 0.3) is 5.91 Å². The summed E-state index contributed by atoms with van der Waals surface area (Å²) in [6.45, 7) is -0.587. The standard InChI is InChI=1S/C18H13FN2O4S/c19-12-5-7-13(8-6-12)20-18-21-17(24)15(26-18)9-11-3-1-2-4-14(11)25-10-16(22)23/h1-9H,10H2,(H,22,23)(H,20,21,24)/p-1/b15-9-. The molecule has 1 saturated heterocycles. The molecule has 0 saturated carbocycles. The minimum Gasteiger partial charge on any atom is -0.546 e. The topological polar surface area (TPSA) is 90.8 Å². The molecule has 0 atom stereocenters. The molecule has 26 heavy (non-hydrogen) atoms. The van der Waals surface area contributed by atoms with Crippen LogP contribution in [0.3, 0.4) is 0 Å². The van der Waals surface area contributed by atoms with E-state index in [1.54, 1.807) is 30.3 Å². The molecule has 8 heteroatoms. The minimum absolute atomic E-state index is 0.321. The Bertz CT molecular complexity index is 910. The molecule has 1 heterocycles. The third kappa shape index (κ3) is 4.48. The van der Waals surface area contributed by atoms with Gasteiger partial charge in [0, 0.05) is 5.56 Å². The minimum atomic E-state index is -1.34. The number of halogens is 1. The molecule has 1 aliphatic heterocycles. The molecule has 0 aliphatic carbocycles. The molecular weight excluding hydrogens is 359 g/mol. The maximum absolute atomic E-state index is 12.9. The fraction of sp³-hybridized carbons (Fsp3) is 0.0556. The number of nitrogens with one attached hydrogen (secondary N) is 1. The molecule has 0 spiro atoms. The van der Waals surface area contributed by atoms with Gasteiger partial charge in [-0.15, -0.1) is 0 Å². The third-order valence-electron chi connectivity index (χ3n) is 3.26. The third-order valence-corrected chi connectivity index (χ3v) is 4.17. The summed E-state index contributed by atoms with van der Waals surface area (Å²) in [5.74, 6) is -1.73. The van der Waals surface area contributed by atoms with Crippen LogP contribution in [0.2, 0.25) is 0 Å². The molecule has 132 valence electrons. The summed E-state index contributed by atoms with van der Waals surface area (Å²) >= 11 is 1.12. The van der Waals surface area contributed by atoms with Crippen molar-refractivity contribution in [3.05, 3.63) is 64.8 Å². The van der Waals surface area contributed by atoms with Gasteiger partial charge >= 0.3 is 0 Å². The molecule has 0 radical (unpaired) electrons. The number of carboxylic acids is 1. The SMILES string of the molecule is O=C([O-])COc1ccccc1/C=C1\SC(=Nc2ccc(F)cc2)NC1=O. The zero-order valence-corrected chi connectivity index (χ0v) is 14.1. The molecule has 2 aromatic rings. The number of aliphatic carboxylic acids is 1. The quantitative estimate of drug-likeness (QED) is 0.810. The normalized spacial score (nSPS) is 16.7. The highest BCUT2D eigenvalue weighted by Crippen LogP contribution is 2.30. The van der Waals surface area contributed by atoms with Gasteiger partial charge in [-0.3, -0.25) is 4.79 Å². The molecule has 2 aromatic carbocycles. The van der Waals surface area contributed by atoms with Gasteiger partial charge in [0.1, 0.15) is 18.2 Å². The first-order valence-corrected chi connectivity index (χ1v) is 8.30. The van der Waals surface area contributed by atoms with Gasteiger partial charge in [-0.25, -0.2) is 9.38 Å². The number of thioether (sulfide) groups is 1. The van der Waals surface area contributed by atoms with Gasteiger partial charge in [-0.1, -0.05) is 18.2 Å². The zero-order valence-electron chi connectivity index (χ0n) is 13.3. The van der Waals surface area contributed by atoms with Gasteiger partial charge in [0.15, 0.2) is 5.17 Å². The van der Waals surface area contributed by atoms with Crippen LogP contribution in [-0.4, -0.2) is 23.7 Å². The molecule has 1 N–H and O–H groups in total. The number of para-hydroxylation sites is 1. The second-order valence-corrected chi connectivity index (χ2v) is 6.19. The van der Waals surface area contributed by atoms with E-state index >= 15 is 0 Å². The number of ether oxygens (including phenoxy) is 1. The van der Waals surface area contributed by atoms with Crippen molar-refractivity contribution in [1.82, 2.24) is 5.32 Å². The summed E-state index contributed by atoms with van der Waals surface area (Å²) < 4.78 is 18.1. The first kappa shape index (κ1) is 17.7. The lowest BCUT2D eigenvalue weighted by molar-refractivity contribution is -0.307. The van der Waals surface area contributed by atoms with Crippen LogP contribution in [0.25, 0.3) is 6.08 Å². The Balaban J connectivity index is 1.81. The largest absolute Gasteiger partial charge is 0.546 e. The van der Waals surface area contributed by atoms with Crippen LogP contribution in [0, 0.1) is 5.82 Å². The van der Waals surface area contributed by atoms with Gasteiger partial charge < -0.3 is 20.0 Å². The summed E-state index contributed by atoms with van der Waals surface area (Å²) in [6, 6.07) is 12.3. The van der Waals surface area contributed by atoms with Crippen LogP contribution < -0.4 is 15.2 Å². The fourth-order valence-electron chi connectivity index (χ4n) is 2.12. The van der Waals surface area contributed by atoms with Gasteiger partial charge in [-0.2, -0.15) is 0 Å². The van der Waals surface area contributed by atoms with Crippen molar-refractivity contribution in [2.45, 2.75) is 0 Å². The van der Waals surface area contributed by atoms with E-state index in [0.717, 1.165) is 11.8 Å². The lowest BCUT2D eigenvalue weighted by Crippen LogP contribution is -2.29. The highest BCUT2D eigenvalue weighted by atomic mass is 32.2. The number of carbonyl (C=O) groups is 2. The Morgan fingerprint density at radius 3 is 2.69 bits per heavy atom. The predicted molar refractivity (Wildman–Crippen MR) is 94.1 cm³/mol. The van der Waals surface area contributed by atoms with Gasteiger partial charge in [-0.05, 0) is 48.2 Å². The Morgan fingerprint density at radius 1 is 1.23 bits per heavy atom. The van der Waals surface area contributed by atoms with E-state index in [4.69, 9.17) is 4.74 Å². The summed E-state index contributed by atoms with van der Waals surface area (Å²) in [7, 11) is 0. The second-order valence-electron chi connectivity index (χ2n) is 5.16. The van der Waals surface area contributed by atoms with E-state index in [1.165, 1.54) is 24.3 Å². The molecule has 6 nitrogen and oxygen atoms in total. The lowest BCUT2D eigenvalue weighted by Gasteiger charge is -2.09. The number of carbonyl (C=O) groups excluding carboxylic acids is 2. The number of aliphatic imine (C=N–C) groups is 1. The highest BCUT2D eigenvalue weighted by Gasteiger charge is 2.24. The van der Waals surface area contributed by atoms with E-state index in [0.29, 0.717) is 27.1 Å². The van der Waals surface area contributed by atoms with Crippen molar-refractivity contribution >= 4 is 40.6 Å². The van der Waals surface area contributed by atoms with Crippen LogP contribution in [0.5, 0.6) is 5.75 Å². The van der Waals surface area contributed by atoms with E-state index in [1.807, 2.05) is 0 Å². The Hall–Kier alpha value is -3.13. The number of nitrogens with zero attached hydrogens (tertiary/aromatic N) is 1. The second kappa shape index (κ2) is 7.83. The molecule has 1 aliphatic rings. The predicted octanol–water partition coefficient (Wildman–Crippen LogP) is 1.85. The van der Waals surface area contributed by atoms with E-state index < -0.39 is 12.6 Å². The summed E-state index contributed by atoms with van der Waals surface area (Å²) in [5.41, 5.74) is 1.06. The van der Waals surface area contributed by atoms with Crippen LogP contribution in [0.1, 0.15) is 5.56 Å². The summed E-state index contributed by atoms with van der Waals surface area (Å²) in [5, 5.41) is 13.5. The molecule has 3 rings (SSSR count). The van der Waals surface area contributed by atoms with Crippen molar-refractivity contribution in [3.63, 3.8) is 0 Å². The van der Waals surface area contributed by atoms with Crippen LogP contribution in [0.4, 0.5) is 10.1 Å². The Kier molecular flexibility index (Phi) is 5.33. The van der Waals surface area contributed by atoms with Crippen molar-refractivity contribution in [2.24, 2.45) is 4.99 Å². The van der Waals surface area contributed by atoms with E-state index in [2.05, 4.69) is 10.3 Å². The Morgan fingerprint density at radius 2 is 1.96 bits per heavy atom. The van der Waals surface area contributed by atoms with E-state index in [-0.39, 0.29) is 11.7 Å². The number of amidine groups is 1. The Labute approximate surface area is 152 Å². The van der Waals surface area contributed by atoms with Gasteiger partial charge in [0.05, 0.1) is 16.6 Å². The number of hydrogen-bond acceptors (Lipinski definition) is 6. The lowest BCUT2D eigenvalue weighted by atomic mass is 10.2. The number of hydrogen-bond donors (Lipinski definition) is 1. The molecule has 0 bridgehead atoms. The molecule has 0 unspecified atom stereocenters. The van der Waals surface area contributed by atoms with Crippen molar-refractivity contribution in [3.8, 4) is 5.75 Å². The molecular formula is C18H12FN2O4S-. The smallest absolute Gasteiger partial charge is 0.264 e. The summed E-state index contributed by atoms with van der Waals surface area (Å²) in [4.78, 5) is 27.3. The molecule has 1 amide bonds. The number of amides is 1. The first-order chi connectivity index (χ1) is 12.5. The molecule has 0 aromatic heterocycles. The highest BCUT2D eigenvalue weighted by molar-refractivity contribution is 8.18. The van der Waals surface area contributed by atoms with Crippen molar-refractivity contribution < 1.29 is 23.8 Å². The fourth-order valence-corrected chi connectivity index (χ4v) is 2.96. The number of carboxylic acid groups (broad SMARTS) is 1. The zero-order chi connectivity index (χ0) is 18.5. The summed E-state index contributed by atoms with van der Waals surface area (Å²) in [6.07, 6.45) is 1.58.